The Morgan fingerprint density at radius 1 is 1.33 bits per heavy atom. The van der Waals surface area contributed by atoms with Crippen LogP contribution in [0.1, 0.15) is 32.4 Å². The molecule has 1 N–H and O–H groups in total. The number of nitrogens with one attached hydrogen (secondary N) is 1. The Labute approximate surface area is 106 Å². The van der Waals surface area contributed by atoms with Gasteiger partial charge in [0.1, 0.15) is 12.3 Å². The minimum absolute atomic E-state index is 0.124. The van der Waals surface area contributed by atoms with Gasteiger partial charge in [0.05, 0.1) is 0 Å². The van der Waals surface area contributed by atoms with E-state index in [2.05, 4.69) is 5.32 Å². The van der Waals surface area contributed by atoms with E-state index >= 15 is 0 Å². The number of aldehydes is 1. The quantitative estimate of drug-likeness (QED) is 0.476. The SMILES string of the molecule is CC(NC(C=O)C(C)(C)[N+](=O)[O-])c1ccccc1. The van der Waals surface area contributed by atoms with Gasteiger partial charge in [0.2, 0.25) is 5.54 Å². The molecule has 5 heteroatoms. The lowest BCUT2D eigenvalue weighted by molar-refractivity contribution is -0.562. The van der Waals surface area contributed by atoms with Crippen molar-refractivity contribution in [3.63, 3.8) is 0 Å². The van der Waals surface area contributed by atoms with Gasteiger partial charge in [0.25, 0.3) is 0 Å². The molecule has 1 aromatic rings. The van der Waals surface area contributed by atoms with Gasteiger partial charge in [-0.25, -0.2) is 0 Å². The van der Waals surface area contributed by atoms with Crippen molar-refractivity contribution in [3.8, 4) is 0 Å². The number of rotatable bonds is 6. The zero-order chi connectivity index (χ0) is 13.8. The van der Waals surface area contributed by atoms with E-state index in [1.165, 1.54) is 13.8 Å². The Bertz CT molecular complexity index is 418. The molecule has 0 saturated heterocycles. The average molecular weight is 250 g/mol. The van der Waals surface area contributed by atoms with Gasteiger partial charge < -0.3 is 4.79 Å². The molecule has 2 unspecified atom stereocenters. The maximum atomic E-state index is 11.1. The first-order chi connectivity index (χ1) is 8.39. The fraction of sp³-hybridized carbons (Fsp3) is 0.462. The van der Waals surface area contributed by atoms with Crippen LogP contribution in [-0.2, 0) is 4.79 Å². The summed E-state index contributed by atoms with van der Waals surface area (Å²) in [5.74, 6) is 0. The maximum Gasteiger partial charge on any atom is 0.238 e. The van der Waals surface area contributed by atoms with Crippen molar-refractivity contribution in [2.24, 2.45) is 0 Å². The Morgan fingerprint density at radius 2 is 1.89 bits per heavy atom. The molecule has 0 spiro atoms. The van der Waals surface area contributed by atoms with Gasteiger partial charge in [-0.2, -0.15) is 0 Å². The van der Waals surface area contributed by atoms with Gasteiger partial charge in [-0.15, -0.1) is 0 Å². The molecule has 2 atom stereocenters. The number of nitrogens with zero attached hydrogens (tertiary/aromatic N) is 1. The standard InChI is InChI=1S/C13H18N2O3/c1-10(11-7-5-4-6-8-11)14-12(9-16)13(2,3)15(17)18/h4-10,12,14H,1-3H3. The summed E-state index contributed by atoms with van der Waals surface area (Å²) in [7, 11) is 0. The third-order valence-electron chi connectivity index (χ3n) is 3.10. The van der Waals surface area contributed by atoms with E-state index in [-0.39, 0.29) is 6.04 Å². The molecule has 0 saturated carbocycles. The van der Waals surface area contributed by atoms with Crippen LogP contribution in [0.15, 0.2) is 30.3 Å². The summed E-state index contributed by atoms with van der Waals surface area (Å²) in [6, 6.07) is 8.55. The molecule has 0 radical (unpaired) electrons. The van der Waals surface area contributed by atoms with Crippen LogP contribution in [0.3, 0.4) is 0 Å². The summed E-state index contributed by atoms with van der Waals surface area (Å²) in [4.78, 5) is 21.6. The molecular weight excluding hydrogens is 232 g/mol. The monoisotopic (exact) mass is 250 g/mol. The van der Waals surface area contributed by atoms with Crippen LogP contribution in [0.25, 0.3) is 0 Å². The molecule has 0 aliphatic rings. The van der Waals surface area contributed by atoms with E-state index in [1.807, 2.05) is 37.3 Å². The fourth-order valence-electron chi connectivity index (χ4n) is 1.63. The van der Waals surface area contributed by atoms with E-state index < -0.39 is 16.5 Å². The summed E-state index contributed by atoms with van der Waals surface area (Å²) >= 11 is 0. The van der Waals surface area contributed by atoms with Gasteiger partial charge >= 0.3 is 0 Å². The highest BCUT2D eigenvalue weighted by molar-refractivity contribution is 5.59. The van der Waals surface area contributed by atoms with Crippen LogP contribution in [0.4, 0.5) is 0 Å². The van der Waals surface area contributed by atoms with Gasteiger partial charge in [-0.05, 0) is 12.5 Å². The van der Waals surface area contributed by atoms with Crippen LogP contribution in [0.2, 0.25) is 0 Å². The number of nitro groups is 1. The molecule has 0 aliphatic heterocycles. The van der Waals surface area contributed by atoms with Crippen molar-refractivity contribution >= 4 is 6.29 Å². The Balaban J connectivity index is 2.82. The first kappa shape index (κ1) is 14.3. The average Bonchev–Trinajstić information content (AvgIpc) is 2.36. The zero-order valence-electron chi connectivity index (χ0n) is 10.8. The Morgan fingerprint density at radius 3 is 2.33 bits per heavy atom. The molecule has 0 heterocycles. The minimum atomic E-state index is -1.33. The third-order valence-corrected chi connectivity index (χ3v) is 3.10. The normalized spacial score (nSPS) is 14.8. The summed E-state index contributed by atoms with van der Waals surface area (Å²) in [5.41, 5.74) is -0.339. The number of carbonyl (C=O) groups is 1. The predicted molar refractivity (Wildman–Crippen MR) is 68.9 cm³/mol. The molecule has 1 aromatic carbocycles. The van der Waals surface area contributed by atoms with E-state index in [9.17, 15) is 14.9 Å². The van der Waals surface area contributed by atoms with Crippen molar-refractivity contribution < 1.29 is 9.72 Å². The second-order valence-electron chi connectivity index (χ2n) is 4.82. The highest BCUT2D eigenvalue weighted by Crippen LogP contribution is 2.18. The van der Waals surface area contributed by atoms with Crippen LogP contribution in [0.5, 0.6) is 0 Å². The van der Waals surface area contributed by atoms with Crippen molar-refractivity contribution in [2.75, 3.05) is 0 Å². The summed E-state index contributed by atoms with van der Waals surface area (Å²) in [5, 5.41) is 13.9. The predicted octanol–water partition coefficient (Wildman–Crippen LogP) is 1.96. The fourth-order valence-corrected chi connectivity index (χ4v) is 1.63. The van der Waals surface area contributed by atoms with E-state index in [0.29, 0.717) is 6.29 Å². The molecule has 0 aromatic heterocycles. The van der Waals surface area contributed by atoms with Crippen LogP contribution in [0, 0.1) is 10.1 Å². The minimum Gasteiger partial charge on any atom is -0.301 e. The summed E-state index contributed by atoms with van der Waals surface area (Å²) < 4.78 is 0. The van der Waals surface area contributed by atoms with Crippen LogP contribution in [-0.4, -0.2) is 22.8 Å². The van der Waals surface area contributed by atoms with Gasteiger partial charge in [0.15, 0.2) is 0 Å². The lowest BCUT2D eigenvalue weighted by Gasteiger charge is -2.26. The molecule has 0 aliphatic carbocycles. The summed E-state index contributed by atoms with van der Waals surface area (Å²) in [6.07, 6.45) is 0.599. The highest BCUT2D eigenvalue weighted by atomic mass is 16.6. The van der Waals surface area contributed by atoms with Crippen LogP contribution < -0.4 is 5.32 Å². The summed E-state index contributed by atoms with van der Waals surface area (Å²) in [6.45, 7) is 4.76. The maximum absolute atomic E-state index is 11.1. The first-order valence-corrected chi connectivity index (χ1v) is 5.80. The molecule has 0 bridgehead atoms. The van der Waals surface area contributed by atoms with Crippen molar-refractivity contribution in [3.05, 3.63) is 46.0 Å². The van der Waals surface area contributed by atoms with Crippen LogP contribution >= 0.6 is 0 Å². The topological polar surface area (TPSA) is 72.2 Å². The second-order valence-corrected chi connectivity index (χ2v) is 4.82. The second kappa shape index (κ2) is 5.73. The molecular formula is C13H18N2O3. The first-order valence-electron chi connectivity index (χ1n) is 5.80. The van der Waals surface area contributed by atoms with Gasteiger partial charge in [-0.1, -0.05) is 30.3 Å². The molecule has 0 amide bonds. The van der Waals surface area contributed by atoms with E-state index in [4.69, 9.17) is 0 Å². The number of hydrogen-bond acceptors (Lipinski definition) is 4. The Kier molecular flexibility index (Phi) is 4.55. The molecule has 1 rings (SSSR count). The largest absolute Gasteiger partial charge is 0.301 e. The van der Waals surface area contributed by atoms with Gasteiger partial charge in [0, 0.05) is 24.8 Å². The van der Waals surface area contributed by atoms with E-state index in [0.717, 1.165) is 5.56 Å². The lowest BCUT2D eigenvalue weighted by Crippen LogP contribution is -2.53. The van der Waals surface area contributed by atoms with Gasteiger partial charge in [-0.3, -0.25) is 15.4 Å². The lowest BCUT2D eigenvalue weighted by atomic mass is 9.95. The number of benzene rings is 1. The zero-order valence-corrected chi connectivity index (χ0v) is 10.8. The smallest absolute Gasteiger partial charge is 0.238 e. The van der Waals surface area contributed by atoms with Crippen molar-refractivity contribution in [1.82, 2.24) is 5.32 Å². The van der Waals surface area contributed by atoms with Crippen molar-refractivity contribution in [2.45, 2.75) is 38.4 Å². The van der Waals surface area contributed by atoms with Crippen molar-refractivity contribution in [1.29, 1.82) is 0 Å². The molecule has 18 heavy (non-hydrogen) atoms. The third kappa shape index (κ3) is 3.13. The Hall–Kier alpha value is -1.75. The number of carbonyl (C=O) groups excluding carboxylic acids is 1. The molecule has 0 fully saturated rings. The van der Waals surface area contributed by atoms with E-state index in [1.54, 1.807) is 0 Å². The highest BCUT2D eigenvalue weighted by Gasteiger charge is 2.41. The molecule has 98 valence electrons. The molecule has 5 nitrogen and oxygen atoms in total. The number of hydrogen-bond donors (Lipinski definition) is 1.